The molecule has 0 saturated carbocycles. The van der Waals surface area contributed by atoms with Crippen molar-refractivity contribution in [1.82, 2.24) is 14.8 Å². The van der Waals surface area contributed by atoms with Crippen LogP contribution in [0.4, 0.5) is 15.2 Å². The highest BCUT2D eigenvalue weighted by atomic mass is 32.1. The summed E-state index contributed by atoms with van der Waals surface area (Å²) in [4.78, 5) is 34.7. The van der Waals surface area contributed by atoms with Gasteiger partial charge in [0, 0.05) is 37.5 Å². The molecule has 0 N–H and O–H groups in total. The molecule has 2 fully saturated rings. The van der Waals surface area contributed by atoms with Gasteiger partial charge in [0.15, 0.2) is 5.13 Å². The first-order valence-corrected chi connectivity index (χ1v) is 11.1. The van der Waals surface area contributed by atoms with E-state index in [-0.39, 0.29) is 17.5 Å². The number of thiazole rings is 1. The third-order valence-corrected chi connectivity index (χ3v) is 6.48. The Bertz CT molecular complexity index is 954. The van der Waals surface area contributed by atoms with Gasteiger partial charge in [-0.2, -0.15) is 0 Å². The van der Waals surface area contributed by atoms with E-state index in [1.165, 1.54) is 48.1 Å². The number of likely N-dealkylation sites (tertiary alicyclic amines) is 2. The van der Waals surface area contributed by atoms with E-state index in [0.29, 0.717) is 16.9 Å². The van der Waals surface area contributed by atoms with Gasteiger partial charge in [0.25, 0.3) is 0 Å². The highest BCUT2D eigenvalue weighted by Crippen LogP contribution is 2.31. The fraction of sp³-hybridized carbons (Fsp3) is 0.409. The van der Waals surface area contributed by atoms with Crippen LogP contribution in [0.15, 0.2) is 35.7 Å². The first-order chi connectivity index (χ1) is 14.5. The van der Waals surface area contributed by atoms with Gasteiger partial charge in [0.1, 0.15) is 5.82 Å². The van der Waals surface area contributed by atoms with Gasteiger partial charge >= 0.3 is 0 Å². The van der Waals surface area contributed by atoms with Crippen molar-refractivity contribution in [2.24, 2.45) is 0 Å². The van der Waals surface area contributed by atoms with Crippen LogP contribution in [0.2, 0.25) is 0 Å². The summed E-state index contributed by atoms with van der Waals surface area (Å²) in [5, 5.41) is 2.13. The average Bonchev–Trinajstić information content (AvgIpc) is 3.48. The first kappa shape index (κ1) is 20.7. The van der Waals surface area contributed by atoms with E-state index < -0.39 is 5.82 Å². The molecule has 30 heavy (non-hydrogen) atoms. The summed E-state index contributed by atoms with van der Waals surface area (Å²) in [6.45, 7) is 5.20. The van der Waals surface area contributed by atoms with Crippen molar-refractivity contribution in [3.63, 3.8) is 0 Å². The largest absolute Gasteiger partial charge is 0.338 e. The lowest BCUT2D eigenvalue weighted by Crippen LogP contribution is -2.36. The minimum absolute atomic E-state index is 0.0243. The Hall–Kier alpha value is -2.58. The molecule has 0 radical (unpaired) electrons. The monoisotopic (exact) mass is 428 g/mol. The van der Waals surface area contributed by atoms with Gasteiger partial charge in [0.2, 0.25) is 11.8 Å². The molecule has 158 valence electrons. The van der Waals surface area contributed by atoms with Crippen molar-refractivity contribution < 1.29 is 14.0 Å². The molecule has 0 spiro atoms. The van der Waals surface area contributed by atoms with Gasteiger partial charge in [-0.3, -0.25) is 19.4 Å². The van der Waals surface area contributed by atoms with Crippen molar-refractivity contribution >= 4 is 40.0 Å². The van der Waals surface area contributed by atoms with Crippen LogP contribution in [0.5, 0.6) is 0 Å². The van der Waals surface area contributed by atoms with Crippen LogP contribution in [-0.2, 0) is 9.59 Å². The number of aromatic nitrogens is 1. The zero-order valence-corrected chi connectivity index (χ0v) is 17.8. The second-order valence-corrected chi connectivity index (χ2v) is 8.50. The number of carbonyl (C=O) groups is 2. The van der Waals surface area contributed by atoms with E-state index in [4.69, 9.17) is 0 Å². The van der Waals surface area contributed by atoms with Crippen LogP contribution in [0.1, 0.15) is 31.9 Å². The maximum absolute atomic E-state index is 14.2. The quantitative estimate of drug-likeness (QED) is 0.682. The molecule has 1 aromatic carbocycles. The number of para-hydroxylation sites is 1. The number of rotatable bonds is 5. The van der Waals surface area contributed by atoms with Crippen molar-refractivity contribution in [1.29, 1.82) is 0 Å². The number of halogens is 1. The van der Waals surface area contributed by atoms with Gasteiger partial charge < -0.3 is 4.90 Å². The minimum Gasteiger partial charge on any atom is -0.338 e. The molecule has 4 rings (SSSR count). The number of carbonyl (C=O) groups excluding carboxylic acids is 2. The van der Waals surface area contributed by atoms with Gasteiger partial charge in [-0.1, -0.05) is 12.1 Å². The molecule has 0 bridgehead atoms. The van der Waals surface area contributed by atoms with Crippen LogP contribution in [0.25, 0.3) is 6.08 Å². The summed E-state index contributed by atoms with van der Waals surface area (Å²) in [5.74, 6) is -0.841. The predicted molar refractivity (Wildman–Crippen MR) is 116 cm³/mol. The normalized spacial score (nSPS) is 19.7. The highest BCUT2D eigenvalue weighted by molar-refractivity contribution is 7.14. The third kappa shape index (κ3) is 4.44. The zero-order chi connectivity index (χ0) is 21.1. The van der Waals surface area contributed by atoms with Gasteiger partial charge in [-0.05, 0) is 50.6 Å². The molecule has 8 heteroatoms. The number of benzene rings is 1. The summed E-state index contributed by atoms with van der Waals surface area (Å²) < 4.78 is 14.2. The summed E-state index contributed by atoms with van der Waals surface area (Å²) in [6, 6.07) is 6.57. The number of anilines is 2. The molecule has 2 aliphatic rings. The fourth-order valence-electron chi connectivity index (χ4n) is 4.10. The molecular formula is C22H25FN4O2S. The molecule has 1 unspecified atom stereocenters. The second-order valence-electron chi connectivity index (χ2n) is 7.66. The van der Waals surface area contributed by atoms with Crippen LogP contribution in [0, 0.1) is 5.82 Å². The van der Waals surface area contributed by atoms with Gasteiger partial charge in [-0.25, -0.2) is 9.37 Å². The standard InChI is InChI=1S/C22H25FN4O2S/c1-16(28)27(20-7-3-2-6-19(20)23)22-24-17(15-30-22)8-9-21(29)26-13-10-18(14-26)25-11-4-5-12-25/h2-3,6-9,15,18H,4-5,10-14H2,1H3/b9-8+. The third-order valence-electron chi connectivity index (χ3n) is 5.64. The molecule has 0 aliphatic carbocycles. The Balaban J connectivity index is 1.42. The first-order valence-electron chi connectivity index (χ1n) is 10.2. The van der Waals surface area contributed by atoms with Gasteiger partial charge in [0.05, 0.1) is 11.4 Å². The van der Waals surface area contributed by atoms with Crippen LogP contribution >= 0.6 is 11.3 Å². The highest BCUT2D eigenvalue weighted by Gasteiger charge is 2.30. The number of hydrogen-bond donors (Lipinski definition) is 0. The Morgan fingerprint density at radius 1 is 1.23 bits per heavy atom. The maximum atomic E-state index is 14.2. The molecule has 2 saturated heterocycles. The van der Waals surface area contributed by atoms with E-state index in [2.05, 4.69) is 9.88 Å². The molecule has 6 nitrogen and oxygen atoms in total. The lowest BCUT2D eigenvalue weighted by Gasteiger charge is -2.23. The molecule has 2 amide bonds. The van der Waals surface area contributed by atoms with Crippen molar-refractivity contribution in [3.8, 4) is 0 Å². The smallest absolute Gasteiger partial charge is 0.246 e. The van der Waals surface area contributed by atoms with E-state index in [1.54, 1.807) is 29.7 Å². The SMILES string of the molecule is CC(=O)N(c1nc(/C=C/C(=O)N2CCC(N3CCCC3)C2)cs1)c1ccccc1F. The Kier molecular flexibility index (Phi) is 6.24. The summed E-state index contributed by atoms with van der Waals surface area (Å²) in [6.07, 6.45) is 6.72. The Morgan fingerprint density at radius 3 is 2.73 bits per heavy atom. The molecule has 3 heterocycles. The van der Waals surface area contributed by atoms with E-state index in [0.717, 1.165) is 32.6 Å². The Morgan fingerprint density at radius 2 is 2.00 bits per heavy atom. The zero-order valence-electron chi connectivity index (χ0n) is 17.0. The number of hydrogen-bond acceptors (Lipinski definition) is 5. The average molecular weight is 429 g/mol. The lowest BCUT2D eigenvalue weighted by atomic mass is 10.2. The Labute approximate surface area is 179 Å². The number of amides is 2. The maximum Gasteiger partial charge on any atom is 0.246 e. The van der Waals surface area contributed by atoms with E-state index in [1.807, 2.05) is 4.90 Å². The fourth-order valence-corrected chi connectivity index (χ4v) is 4.95. The van der Waals surface area contributed by atoms with Gasteiger partial charge in [-0.15, -0.1) is 11.3 Å². The second kappa shape index (κ2) is 9.06. The summed E-state index contributed by atoms with van der Waals surface area (Å²) >= 11 is 1.24. The van der Waals surface area contributed by atoms with Crippen LogP contribution in [-0.4, -0.2) is 58.8 Å². The van der Waals surface area contributed by atoms with E-state index in [9.17, 15) is 14.0 Å². The summed E-state index contributed by atoms with van der Waals surface area (Å²) in [7, 11) is 0. The minimum atomic E-state index is -0.489. The summed E-state index contributed by atoms with van der Waals surface area (Å²) in [5.41, 5.74) is 0.734. The van der Waals surface area contributed by atoms with Crippen LogP contribution in [0.3, 0.4) is 0 Å². The van der Waals surface area contributed by atoms with E-state index >= 15 is 0 Å². The molecule has 1 aromatic heterocycles. The topological polar surface area (TPSA) is 56.8 Å². The molecular weight excluding hydrogens is 403 g/mol. The van der Waals surface area contributed by atoms with Crippen LogP contribution < -0.4 is 4.90 Å². The molecule has 2 aromatic rings. The predicted octanol–water partition coefficient (Wildman–Crippen LogP) is 3.68. The molecule has 1 atom stereocenters. The van der Waals surface area contributed by atoms with Crippen molar-refractivity contribution in [2.75, 3.05) is 31.1 Å². The number of nitrogens with zero attached hydrogens (tertiary/aromatic N) is 4. The van der Waals surface area contributed by atoms with Crippen molar-refractivity contribution in [3.05, 3.63) is 47.2 Å². The lowest BCUT2D eigenvalue weighted by molar-refractivity contribution is -0.125. The molecule has 2 aliphatic heterocycles. The van der Waals surface area contributed by atoms with Crippen molar-refractivity contribution in [2.45, 2.75) is 32.2 Å².